The SMILES string of the molecule is C=CCN(C1CCCC1)S(=O)(=O)C1CON(C)C1c1cc(F)ccc1F. The fraction of sp³-hybridized carbons (Fsp3) is 0.556. The number of benzene rings is 1. The Morgan fingerprint density at radius 1 is 1.35 bits per heavy atom. The summed E-state index contributed by atoms with van der Waals surface area (Å²) in [6.45, 7) is 3.78. The molecule has 1 saturated carbocycles. The van der Waals surface area contributed by atoms with Gasteiger partial charge in [0.1, 0.15) is 16.9 Å². The van der Waals surface area contributed by atoms with Gasteiger partial charge in [0, 0.05) is 25.2 Å². The van der Waals surface area contributed by atoms with Gasteiger partial charge in [-0.05, 0) is 31.0 Å². The third kappa shape index (κ3) is 3.55. The molecule has 1 aromatic rings. The van der Waals surface area contributed by atoms with E-state index in [0.717, 1.165) is 43.9 Å². The van der Waals surface area contributed by atoms with E-state index in [1.54, 1.807) is 6.08 Å². The third-order valence-electron chi connectivity index (χ3n) is 5.21. The molecule has 1 aliphatic heterocycles. The molecule has 2 aliphatic rings. The lowest BCUT2D eigenvalue weighted by molar-refractivity contribution is -0.111. The summed E-state index contributed by atoms with van der Waals surface area (Å²) in [5.74, 6) is -1.26. The van der Waals surface area contributed by atoms with E-state index in [4.69, 9.17) is 4.84 Å². The summed E-state index contributed by atoms with van der Waals surface area (Å²) >= 11 is 0. The number of nitrogens with zero attached hydrogens (tertiary/aromatic N) is 2. The molecule has 0 N–H and O–H groups in total. The van der Waals surface area contributed by atoms with Crippen molar-refractivity contribution in [2.24, 2.45) is 0 Å². The maximum absolute atomic E-state index is 14.3. The Kier molecular flexibility index (Phi) is 5.76. The van der Waals surface area contributed by atoms with Gasteiger partial charge in [0.2, 0.25) is 10.0 Å². The Hall–Kier alpha value is -1.35. The number of hydrogen-bond donors (Lipinski definition) is 0. The maximum atomic E-state index is 14.3. The van der Waals surface area contributed by atoms with E-state index in [1.807, 2.05) is 0 Å². The van der Waals surface area contributed by atoms with Crippen molar-refractivity contribution in [1.82, 2.24) is 9.37 Å². The van der Waals surface area contributed by atoms with Crippen LogP contribution in [0.3, 0.4) is 0 Å². The minimum atomic E-state index is -3.80. The number of hydroxylamine groups is 2. The quantitative estimate of drug-likeness (QED) is 0.706. The third-order valence-corrected chi connectivity index (χ3v) is 7.47. The van der Waals surface area contributed by atoms with E-state index < -0.39 is 32.9 Å². The fourth-order valence-corrected chi connectivity index (χ4v) is 6.10. The molecule has 0 spiro atoms. The zero-order valence-corrected chi connectivity index (χ0v) is 15.6. The number of sulfonamides is 1. The molecule has 2 unspecified atom stereocenters. The molecule has 0 radical (unpaired) electrons. The molecular weight excluding hydrogens is 362 g/mol. The first-order chi connectivity index (χ1) is 12.4. The first-order valence-electron chi connectivity index (χ1n) is 8.78. The van der Waals surface area contributed by atoms with Crippen molar-refractivity contribution >= 4 is 10.0 Å². The normalized spacial score (nSPS) is 25.2. The van der Waals surface area contributed by atoms with Gasteiger partial charge in [0.15, 0.2) is 0 Å². The highest BCUT2D eigenvalue weighted by molar-refractivity contribution is 7.89. The lowest BCUT2D eigenvalue weighted by Crippen LogP contribution is -2.46. The number of halogens is 2. The summed E-state index contributed by atoms with van der Waals surface area (Å²) < 4.78 is 56.3. The topological polar surface area (TPSA) is 49.9 Å². The lowest BCUT2D eigenvalue weighted by Gasteiger charge is -2.32. The molecule has 0 bridgehead atoms. The average molecular weight is 386 g/mol. The largest absolute Gasteiger partial charge is 0.297 e. The summed E-state index contributed by atoms with van der Waals surface area (Å²) in [6.07, 6.45) is 5.13. The van der Waals surface area contributed by atoms with Crippen molar-refractivity contribution in [2.45, 2.75) is 43.0 Å². The molecule has 2 fully saturated rings. The summed E-state index contributed by atoms with van der Waals surface area (Å²) in [5.41, 5.74) is -0.0106. The maximum Gasteiger partial charge on any atom is 0.221 e. The van der Waals surface area contributed by atoms with Crippen LogP contribution in [0.1, 0.15) is 37.3 Å². The van der Waals surface area contributed by atoms with Crippen LogP contribution in [0.5, 0.6) is 0 Å². The first-order valence-corrected chi connectivity index (χ1v) is 10.3. The molecule has 1 heterocycles. The molecule has 0 amide bonds. The first kappa shape index (κ1) is 19.4. The van der Waals surface area contributed by atoms with Crippen LogP contribution >= 0.6 is 0 Å². The summed E-state index contributed by atoms with van der Waals surface area (Å²) in [4.78, 5) is 5.42. The summed E-state index contributed by atoms with van der Waals surface area (Å²) in [7, 11) is -2.26. The second-order valence-corrected chi connectivity index (χ2v) is 8.94. The number of rotatable bonds is 6. The van der Waals surface area contributed by atoms with Gasteiger partial charge in [-0.2, -0.15) is 9.37 Å². The van der Waals surface area contributed by atoms with Crippen LogP contribution < -0.4 is 0 Å². The van der Waals surface area contributed by atoms with Crippen molar-refractivity contribution in [3.05, 3.63) is 48.1 Å². The van der Waals surface area contributed by atoms with Crippen LogP contribution in [-0.4, -0.2) is 49.3 Å². The molecule has 1 aliphatic carbocycles. The molecule has 144 valence electrons. The lowest BCUT2D eigenvalue weighted by atomic mass is 10.0. The zero-order chi connectivity index (χ0) is 18.9. The highest BCUT2D eigenvalue weighted by atomic mass is 32.2. The van der Waals surface area contributed by atoms with E-state index in [0.29, 0.717) is 0 Å². The average Bonchev–Trinajstić information content (AvgIpc) is 3.24. The van der Waals surface area contributed by atoms with Crippen LogP contribution in [0.25, 0.3) is 0 Å². The Balaban J connectivity index is 1.99. The van der Waals surface area contributed by atoms with Crippen molar-refractivity contribution < 1.29 is 22.0 Å². The molecule has 1 aromatic carbocycles. The molecular formula is C18H24F2N2O3S. The molecule has 8 heteroatoms. The standard InChI is InChI=1S/C18H24F2N2O3S/c1-3-10-22(14-6-4-5-7-14)26(23,24)17-12-25-21(2)18(17)15-11-13(19)8-9-16(15)20/h3,8-9,11,14,17-18H,1,4-7,10,12H2,2H3. The van der Waals surface area contributed by atoms with E-state index in [9.17, 15) is 17.2 Å². The summed E-state index contributed by atoms with van der Waals surface area (Å²) in [5, 5.41) is 0.296. The molecule has 3 rings (SSSR count). The second-order valence-electron chi connectivity index (χ2n) is 6.83. The Morgan fingerprint density at radius 3 is 2.69 bits per heavy atom. The van der Waals surface area contributed by atoms with E-state index >= 15 is 0 Å². The van der Waals surface area contributed by atoms with Crippen LogP contribution in [0.2, 0.25) is 0 Å². The smallest absolute Gasteiger partial charge is 0.221 e. The minimum absolute atomic E-state index is 0.0106. The van der Waals surface area contributed by atoms with Gasteiger partial charge in [-0.15, -0.1) is 6.58 Å². The van der Waals surface area contributed by atoms with Crippen molar-refractivity contribution in [3.8, 4) is 0 Å². The van der Waals surface area contributed by atoms with Gasteiger partial charge >= 0.3 is 0 Å². The van der Waals surface area contributed by atoms with E-state index in [2.05, 4.69) is 6.58 Å². The monoisotopic (exact) mass is 386 g/mol. The van der Waals surface area contributed by atoms with Gasteiger partial charge in [0.05, 0.1) is 12.6 Å². The van der Waals surface area contributed by atoms with Gasteiger partial charge < -0.3 is 0 Å². The van der Waals surface area contributed by atoms with Gasteiger partial charge in [-0.25, -0.2) is 17.2 Å². The second kappa shape index (κ2) is 7.72. The number of hydrogen-bond acceptors (Lipinski definition) is 4. The van der Waals surface area contributed by atoms with Crippen LogP contribution in [0.4, 0.5) is 8.78 Å². The fourth-order valence-electron chi connectivity index (χ4n) is 3.94. The molecule has 1 saturated heterocycles. The highest BCUT2D eigenvalue weighted by Gasteiger charge is 2.48. The van der Waals surface area contributed by atoms with Gasteiger partial charge in [-0.3, -0.25) is 4.84 Å². The molecule has 26 heavy (non-hydrogen) atoms. The Bertz CT molecular complexity index is 766. The van der Waals surface area contributed by atoms with Gasteiger partial charge in [-0.1, -0.05) is 18.9 Å². The van der Waals surface area contributed by atoms with Crippen LogP contribution in [0, 0.1) is 11.6 Å². The predicted octanol–water partition coefficient (Wildman–Crippen LogP) is 3.01. The van der Waals surface area contributed by atoms with Crippen LogP contribution in [0.15, 0.2) is 30.9 Å². The molecule has 0 aromatic heterocycles. The molecule has 5 nitrogen and oxygen atoms in total. The van der Waals surface area contributed by atoms with E-state index in [1.165, 1.54) is 16.4 Å². The van der Waals surface area contributed by atoms with E-state index in [-0.39, 0.29) is 24.8 Å². The summed E-state index contributed by atoms with van der Waals surface area (Å²) in [6, 6.07) is 2.08. The predicted molar refractivity (Wildman–Crippen MR) is 94.7 cm³/mol. The van der Waals surface area contributed by atoms with Gasteiger partial charge in [0.25, 0.3) is 0 Å². The zero-order valence-electron chi connectivity index (χ0n) is 14.8. The highest BCUT2D eigenvalue weighted by Crippen LogP contribution is 2.38. The van der Waals surface area contributed by atoms with Crippen molar-refractivity contribution in [2.75, 3.05) is 20.2 Å². The van der Waals surface area contributed by atoms with Crippen LogP contribution in [-0.2, 0) is 14.9 Å². The minimum Gasteiger partial charge on any atom is -0.297 e. The Morgan fingerprint density at radius 2 is 2.04 bits per heavy atom. The Labute approximate surface area is 153 Å². The van der Waals surface area contributed by atoms with Crippen molar-refractivity contribution in [1.29, 1.82) is 0 Å². The molecule has 2 atom stereocenters. The van der Waals surface area contributed by atoms with Crippen molar-refractivity contribution in [3.63, 3.8) is 0 Å².